The van der Waals surface area contributed by atoms with Crippen LogP contribution < -0.4 is 9.47 Å². The van der Waals surface area contributed by atoms with E-state index in [9.17, 15) is 4.79 Å². The number of ether oxygens (including phenoxy) is 2. The molecule has 0 atom stereocenters. The molecular formula is C24H26O3. The maximum atomic E-state index is 13.2. The number of methoxy groups -OCH3 is 2. The first-order valence-electron chi connectivity index (χ1n) is 9.38. The number of carbonyl (C=O) groups excluding carboxylic acids is 1. The quantitative estimate of drug-likeness (QED) is 0.653. The highest BCUT2D eigenvalue weighted by Crippen LogP contribution is 2.36. The summed E-state index contributed by atoms with van der Waals surface area (Å²) in [7, 11) is 3.31. The first-order chi connectivity index (χ1) is 13.2. The van der Waals surface area contributed by atoms with Crippen LogP contribution in [0.5, 0.6) is 11.5 Å². The van der Waals surface area contributed by atoms with Gasteiger partial charge in [0.25, 0.3) is 0 Å². The molecule has 0 heterocycles. The first kappa shape index (κ1) is 19.0. The van der Waals surface area contributed by atoms with Crippen LogP contribution in [-0.2, 0) is 4.79 Å². The van der Waals surface area contributed by atoms with Gasteiger partial charge >= 0.3 is 0 Å². The summed E-state index contributed by atoms with van der Waals surface area (Å²) in [6.45, 7) is 2.18. The Morgan fingerprint density at radius 2 is 1.30 bits per heavy atom. The lowest BCUT2D eigenvalue weighted by atomic mass is 9.78. The molecular weight excluding hydrogens is 336 g/mol. The number of carbonyl (C=O) groups is 1. The number of hydrogen-bond acceptors (Lipinski definition) is 3. The van der Waals surface area contributed by atoms with Gasteiger partial charge in [0, 0.05) is 22.3 Å². The van der Waals surface area contributed by atoms with Crippen molar-refractivity contribution >= 4 is 17.9 Å². The highest BCUT2D eigenvalue weighted by Gasteiger charge is 2.27. The zero-order valence-electron chi connectivity index (χ0n) is 16.2. The van der Waals surface area contributed by atoms with E-state index in [2.05, 4.69) is 6.92 Å². The van der Waals surface area contributed by atoms with Gasteiger partial charge in [0.15, 0.2) is 5.78 Å². The Labute approximate surface area is 161 Å². The minimum atomic E-state index is 0.122. The molecule has 0 aliphatic heterocycles. The molecule has 3 rings (SSSR count). The van der Waals surface area contributed by atoms with E-state index in [1.807, 2.05) is 60.7 Å². The summed E-state index contributed by atoms with van der Waals surface area (Å²) >= 11 is 0. The normalized spacial score (nSPS) is 20.1. The van der Waals surface area contributed by atoms with Crippen LogP contribution >= 0.6 is 0 Å². The molecule has 0 bridgehead atoms. The van der Waals surface area contributed by atoms with E-state index in [1.165, 1.54) is 0 Å². The molecule has 27 heavy (non-hydrogen) atoms. The number of para-hydroxylation sites is 2. The van der Waals surface area contributed by atoms with Crippen molar-refractivity contribution in [2.24, 2.45) is 5.92 Å². The molecule has 0 saturated heterocycles. The lowest BCUT2D eigenvalue weighted by Crippen LogP contribution is -2.19. The van der Waals surface area contributed by atoms with Crippen molar-refractivity contribution in [2.45, 2.75) is 26.2 Å². The van der Waals surface area contributed by atoms with Crippen LogP contribution in [0.15, 0.2) is 59.7 Å². The number of hydrogen-bond donors (Lipinski definition) is 0. The molecule has 0 amide bonds. The van der Waals surface area contributed by atoms with Crippen LogP contribution in [0.1, 0.15) is 37.3 Å². The third-order valence-corrected chi connectivity index (χ3v) is 5.12. The summed E-state index contributed by atoms with van der Waals surface area (Å²) in [4.78, 5) is 13.2. The van der Waals surface area contributed by atoms with Gasteiger partial charge in [-0.15, -0.1) is 0 Å². The average Bonchev–Trinajstić information content (AvgIpc) is 2.71. The average molecular weight is 362 g/mol. The van der Waals surface area contributed by atoms with Crippen molar-refractivity contribution in [3.05, 3.63) is 70.8 Å². The minimum Gasteiger partial charge on any atom is -0.496 e. The van der Waals surface area contributed by atoms with Gasteiger partial charge in [0.05, 0.1) is 14.2 Å². The Kier molecular flexibility index (Phi) is 6.12. The SMILES string of the molecule is CCC1CC(=Cc2ccccc2OC)C(=O)C(=Cc2ccccc2OC)C1. The largest absolute Gasteiger partial charge is 0.496 e. The first-order valence-corrected chi connectivity index (χ1v) is 9.38. The van der Waals surface area contributed by atoms with Crippen LogP contribution in [0.3, 0.4) is 0 Å². The topological polar surface area (TPSA) is 35.5 Å². The predicted octanol–water partition coefficient (Wildman–Crippen LogP) is 5.56. The van der Waals surface area contributed by atoms with E-state index in [-0.39, 0.29) is 5.78 Å². The maximum Gasteiger partial charge on any atom is 0.185 e. The Hall–Kier alpha value is -2.81. The van der Waals surface area contributed by atoms with Gasteiger partial charge in [-0.2, -0.15) is 0 Å². The second kappa shape index (κ2) is 8.72. The lowest BCUT2D eigenvalue weighted by molar-refractivity contribution is -0.113. The summed E-state index contributed by atoms with van der Waals surface area (Å²) in [5.74, 6) is 2.15. The number of allylic oxidation sites excluding steroid dienone is 2. The molecule has 0 unspecified atom stereocenters. The molecule has 1 fully saturated rings. The van der Waals surface area contributed by atoms with Gasteiger partial charge < -0.3 is 9.47 Å². The molecule has 1 saturated carbocycles. The zero-order chi connectivity index (χ0) is 19.2. The van der Waals surface area contributed by atoms with Gasteiger partial charge in [-0.05, 0) is 43.0 Å². The standard InChI is InChI=1S/C24H26O3/c1-4-17-13-20(15-18-9-5-7-11-22(18)26-2)24(25)21(14-17)16-19-10-6-8-12-23(19)27-3/h5-12,15-17H,4,13-14H2,1-3H3. The summed E-state index contributed by atoms with van der Waals surface area (Å²) in [5, 5.41) is 0. The maximum absolute atomic E-state index is 13.2. The second-order valence-electron chi connectivity index (χ2n) is 6.83. The monoisotopic (exact) mass is 362 g/mol. The van der Waals surface area contributed by atoms with Crippen LogP contribution in [0.4, 0.5) is 0 Å². The smallest absolute Gasteiger partial charge is 0.185 e. The van der Waals surface area contributed by atoms with Crippen LogP contribution in [0.2, 0.25) is 0 Å². The van der Waals surface area contributed by atoms with Crippen molar-refractivity contribution < 1.29 is 14.3 Å². The molecule has 0 radical (unpaired) electrons. The van der Waals surface area contributed by atoms with Crippen LogP contribution in [0, 0.1) is 5.92 Å². The van der Waals surface area contributed by atoms with Crippen molar-refractivity contribution in [2.75, 3.05) is 14.2 Å². The Morgan fingerprint density at radius 1 is 0.852 bits per heavy atom. The van der Waals surface area contributed by atoms with Gasteiger partial charge in [-0.3, -0.25) is 4.79 Å². The zero-order valence-corrected chi connectivity index (χ0v) is 16.2. The lowest BCUT2D eigenvalue weighted by Gasteiger charge is -2.25. The second-order valence-corrected chi connectivity index (χ2v) is 6.83. The molecule has 1 aliphatic rings. The van der Waals surface area contributed by atoms with Gasteiger partial charge in [0.2, 0.25) is 0 Å². The van der Waals surface area contributed by atoms with E-state index in [4.69, 9.17) is 9.47 Å². The van der Waals surface area contributed by atoms with Gasteiger partial charge in [-0.1, -0.05) is 49.7 Å². The van der Waals surface area contributed by atoms with E-state index in [1.54, 1.807) is 14.2 Å². The fraction of sp³-hybridized carbons (Fsp3) is 0.292. The van der Waals surface area contributed by atoms with E-state index >= 15 is 0 Å². The Morgan fingerprint density at radius 3 is 1.70 bits per heavy atom. The van der Waals surface area contributed by atoms with Crippen molar-refractivity contribution in [3.63, 3.8) is 0 Å². The van der Waals surface area contributed by atoms with Crippen molar-refractivity contribution in [1.29, 1.82) is 0 Å². The fourth-order valence-corrected chi connectivity index (χ4v) is 3.57. The molecule has 3 heteroatoms. The van der Waals surface area contributed by atoms with Crippen LogP contribution in [0.25, 0.3) is 12.2 Å². The molecule has 0 spiro atoms. The van der Waals surface area contributed by atoms with Crippen LogP contribution in [-0.4, -0.2) is 20.0 Å². The number of Topliss-reactive ketones (excluding diaryl/α,β-unsaturated/α-hetero) is 1. The molecule has 2 aromatic rings. The summed E-state index contributed by atoms with van der Waals surface area (Å²) in [6.07, 6.45) is 6.62. The highest BCUT2D eigenvalue weighted by molar-refractivity contribution is 6.14. The number of rotatable bonds is 5. The highest BCUT2D eigenvalue weighted by atomic mass is 16.5. The predicted molar refractivity (Wildman–Crippen MR) is 110 cm³/mol. The minimum absolute atomic E-state index is 0.122. The molecule has 140 valence electrons. The fourth-order valence-electron chi connectivity index (χ4n) is 3.57. The number of benzene rings is 2. The van der Waals surface area contributed by atoms with Gasteiger partial charge in [0.1, 0.15) is 11.5 Å². The van der Waals surface area contributed by atoms with E-state index in [0.717, 1.165) is 53.0 Å². The third kappa shape index (κ3) is 4.30. The Balaban J connectivity index is 2.01. The summed E-state index contributed by atoms with van der Waals surface area (Å²) in [6, 6.07) is 15.6. The third-order valence-electron chi connectivity index (χ3n) is 5.12. The molecule has 2 aromatic carbocycles. The van der Waals surface area contributed by atoms with E-state index in [0.29, 0.717) is 5.92 Å². The van der Waals surface area contributed by atoms with Crippen molar-refractivity contribution in [1.82, 2.24) is 0 Å². The molecule has 1 aliphatic carbocycles. The Bertz CT molecular complexity index is 807. The number of ketones is 1. The molecule has 3 nitrogen and oxygen atoms in total. The molecule has 0 N–H and O–H groups in total. The van der Waals surface area contributed by atoms with E-state index < -0.39 is 0 Å². The molecule has 0 aromatic heterocycles. The summed E-state index contributed by atoms with van der Waals surface area (Å²) in [5.41, 5.74) is 3.57. The van der Waals surface area contributed by atoms with Crippen molar-refractivity contribution in [3.8, 4) is 11.5 Å². The summed E-state index contributed by atoms with van der Waals surface area (Å²) < 4.78 is 10.9. The van der Waals surface area contributed by atoms with Gasteiger partial charge in [-0.25, -0.2) is 0 Å².